The van der Waals surface area contributed by atoms with Crippen LogP contribution in [0.3, 0.4) is 0 Å². The first-order valence-electron chi connectivity index (χ1n) is 5.79. The highest BCUT2D eigenvalue weighted by Crippen LogP contribution is 2.42. The normalized spacial score (nSPS) is 10.2. The van der Waals surface area contributed by atoms with Gasteiger partial charge in [0.1, 0.15) is 5.69 Å². The zero-order chi connectivity index (χ0) is 15.3. The minimum Gasteiger partial charge on any atom is -0.504 e. The van der Waals surface area contributed by atoms with Crippen LogP contribution in [0.2, 0.25) is 15.1 Å². The number of benzene rings is 1. The Morgan fingerprint density at radius 2 is 1.85 bits per heavy atom. The van der Waals surface area contributed by atoms with E-state index in [0.717, 1.165) is 0 Å². The van der Waals surface area contributed by atoms with Crippen molar-refractivity contribution in [2.45, 2.75) is 19.8 Å². The average Bonchev–Trinajstić information content (AvgIpc) is 2.39. The van der Waals surface area contributed by atoms with Gasteiger partial charge in [0.05, 0.1) is 21.6 Å². The van der Waals surface area contributed by atoms with Crippen molar-refractivity contribution in [3.63, 3.8) is 0 Å². The SMILES string of the molecule is CCCC(=O)NCC(=O)Nc1c(O)c(Cl)cc(Cl)c1Cl. The van der Waals surface area contributed by atoms with E-state index in [9.17, 15) is 14.7 Å². The molecule has 8 heteroatoms. The number of aromatic hydroxyl groups is 1. The lowest BCUT2D eigenvalue weighted by Crippen LogP contribution is -2.32. The van der Waals surface area contributed by atoms with Crippen molar-refractivity contribution in [1.82, 2.24) is 5.32 Å². The zero-order valence-electron chi connectivity index (χ0n) is 10.6. The van der Waals surface area contributed by atoms with Crippen molar-refractivity contribution in [3.8, 4) is 5.75 Å². The Kier molecular flexibility index (Phi) is 6.39. The van der Waals surface area contributed by atoms with Gasteiger partial charge < -0.3 is 15.7 Å². The summed E-state index contributed by atoms with van der Waals surface area (Å²) in [6.07, 6.45) is 1.02. The number of hydrogen-bond acceptors (Lipinski definition) is 3. The Morgan fingerprint density at radius 3 is 2.45 bits per heavy atom. The van der Waals surface area contributed by atoms with E-state index in [0.29, 0.717) is 12.8 Å². The third kappa shape index (κ3) is 4.44. The first kappa shape index (κ1) is 16.9. The first-order chi connectivity index (χ1) is 9.36. The molecule has 0 aliphatic heterocycles. The lowest BCUT2D eigenvalue weighted by Gasteiger charge is -2.12. The number of nitrogens with one attached hydrogen (secondary N) is 2. The molecule has 20 heavy (non-hydrogen) atoms. The van der Waals surface area contributed by atoms with Gasteiger partial charge in [-0.15, -0.1) is 0 Å². The second-order valence-corrected chi connectivity index (χ2v) is 5.15. The Labute approximate surface area is 131 Å². The minimum absolute atomic E-state index is 0.0261. The smallest absolute Gasteiger partial charge is 0.243 e. The number of hydrogen-bond donors (Lipinski definition) is 3. The van der Waals surface area contributed by atoms with E-state index in [4.69, 9.17) is 34.8 Å². The van der Waals surface area contributed by atoms with E-state index in [-0.39, 0.29) is 39.0 Å². The monoisotopic (exact) mass is 338 g/mol. The second-order valence-electron chi connectivity index (χ2n) is 3.95. The van der Waals surface area contributed by atoms with Crippen molar-refractivity contribution < 1.29 is 14.7 Å². The van der Waals surface area contributed by atoms with Gasteiger partial charge in [0.25, 0.3) is 0 Å². The summed E-state index contributed by atoms with van der Waals surface area (Å²) in [6.45, 7) is 1.62. The van der Waals surface area contributed by atoms with Gasteiger partial charge in [0, 0.05) is 6.42 Å². The van der Waals surface area contributed by atoms with E-state index in [1.165, 1.54) is 6.07 Å². The highest BCUT2D eigenvalue weighted by molar-refractivity contribution is 6.46. The maximum absolute atomic E-state index is 11.7. The molecule has 5 nitrogen and oxygen atoms in total. The van der Waals surface area contributed by atoms with Gasteiger partial charge in [-0.05, 0) is 12.5 Å². The first-order valence-corrected chi connectivity index (χ1v) is 6.93. The second kappa shape index (κ2) is 7.57. The van der Waals surface area contributed by atoms with Crippen LogP contribution in [0.1, 0.15) is 19.8 Å². The number of rotatable bonds is 5. The van der Waals surface area contributed by atoms with E-state index >= 15 is 0 Å². The summed E-state index contributed by atoms with van der Waals surface area (Å²) in [6, 6.07) is 1.26. The van der Waals surface area contributed by atoms with Crippen LogP contribution in [0.25, 0.3) is 0 Å². The summed E-state index contributed by atoms with van der Waals surface area (Å²) in [5.74, 6) is -1.17. The summed E-state index contributed by atoms with van der Waals surface area (Å²) in [5, 5.41) is 14.6. The third-order valence-electron chi connectivity index (χ3n) is 2.33. The fraction of sp³-hybridized carbons (Fsp3) is 0.333. The molecule has 1 aromatic carbocycles. The van der Waals surface area contributed by atoms with Crippen LogP contribution < -0.4 is 10.6 Å². The van der Waals surface area contributed by atoms with E-state index < -0.39 is 5.91 Å². The van der Waals surface area contributed by atoms with Crippen LogP contribution in [0, 0.1) is 0 Å². The number of anilines is 1. The lowest BCUT2D eigenvalue weighted by atomic mass is 10.2. The molecule has 0 saturated carbocycles. The van der Waals surface area contributed by atoms with Gasteiger partial charge in [-0.1, -0.05) is 41.7 Å². The lowest BCUT2D eigenvalue weighted by molar-refractivity contribution is -0.124. The van der Waals surface area contributed by atoms with Gasteiger partial charge in [-0.3, -0.25) is 9.59 Å². The van der Waals surface area contributed by atoms with E-state index in [1.54, 1.807) is 0 Å². The molecule has 0 heterocycles. The zero-order valence-corrected chi connectivity index (χ0v) is 12.9. The fourth-order valence-corrected chi connectivity index (χ4v) is 2.03. The molecule has 0 unspecified atom stereocenters. The molecule has 0 atom stereocenters. The summed E-state index contributed by atoms with van der Waals surface area (Å²) in [4.78, 5) is 22.9. The molecular formula is C12H13Cl3N2O3. The van der Waals surface area contributed by atoms with E-state index in [1.807, 2.05) is 6.92 Å². The standard InChI is InChI=1S/C12H13Cl3N2O3/c1-2-3-8(18)16-5-9(19)17-11-10(15)6(13)4-7(14)12(11)20/h4,20H,2-3,5H2,1H3,(H,16,18)(H,17,19). The Bertz CT molecular complexity index is 509. The number of phenols is 1. The summed E-state index contributed by atoms with van der Waals surface area (Å²) in [5.41, 5.74) is -0.0843. The predicted molar refractivity (Wildman–Crippen MR) is 79.7 cm³/mol. The maximum atomic E-state index is 11.7. The van der Waals surface area contributed by atoms with Gasteiger partial charge in [0.15, 0.2) is 5.75 Å². The highest BCUT2D eigenvalue weighted by atomic mass is 35.5. The maximum Gasteiger partial charge on any atom is 0.243 e. The van der Waals surface area contributed by atoms with Crippen LogP contribution in [0.15, 0.2) is 6.07 Å². The topological polar surface area (TPSA) is 78.4 Å². The van der Waals surface area contributed by atoms with Crippen molar-refractivity contribution in [3.05, 3.63) is 21.1 Å². The summed E-state index contributed by atoms with van der Waals surface area (Å²) < 4.78 is 0. The third-order valence-corrected chi connectivity index (χ3v) is 3.41. The molecule has 0 radical (unpaired) electrons. The number of carbonyl (C=O) groups is 2. The van der Waals surface area contributed by atoms with Crippen molar-refractivity contribution >= 4 is 52.3 Å². The number of phenolic OH excluding ortho intramolecular Hbond substituents is 1. The highest BCUT2D eigenvalue weighted by Gasteiger charge is 2.17. The molecule has 110 valence electrons. The molecule has 0 spiro atoms. The predicted octanol–water partition coefficient (Wildman–Crippen LogP) is 3.21. The Balaban J connectivity index is 2.74. The van der Waals surface area contributed by atoms with Crippen LogP contribution in [0.5, 0.6) is 5.75 Å². The average molecular weight is 340 g/mol. The molecule has 0 fully saturated rings. The van der Waals surface area contributed by atoms with E-state index in [2.05, 4.69) is 10.6 Å². The molecule has 1 aromatic rings. The largest absolute Gasteiger partial charge is 0.504 e. The molecule has 0 saturated heterocycles. The Morgan fingerprint density at radius 1 is 1.20 bits per heavy atom. The molecule has 3 N–H and O–H groups in total. The Hall–Kier alpha value is -1.17. The van der Waals surface area contributed by atoms with Crippen molar-refractivity contribution in [2.75, 3.05) is 11.9 Å². The van der Waals surface area contributed by atoms with Crippen LogP contribution in [-0.2, 0) is 9.59 Å². The van der Waals surface area contributed by atoms with Crippen LogP contribution in [0.4, 0.5) is 5.69 Å². The molecule has 0 aromatic heterocycles. The quantitative estimate of drug-likeness (QED) is 0.569. The number of carbonyl (C=O) groups excluding carboxylic acids is 2. The minimum atomic E-state index is -0.551. The number of amides is 2. The van der Waals surface area contributed by atoms with Gasteiger partial charge in [-0.25, -0.2) is 0 Å². The van der Waals surface area contributed by atoms with Crippen molar-refractivity contribution in [2.24, 2.45) is 0 Å². The summed E-state index contributed by atoms with van der Waals surface area (Å²) >= 11 is 17.4. The molecule has 2 amide bonds. The van der Waals surface area contributed by atoms with Crippen LogP contribution >= 0.6 is 34.8 Å². The van der Waals surface area contributed by atoms with Crippen LogP contribution in [-0.4, -0.2) is 23.5 Å². The van der Waals surface area contributed by atoms with Gasteiger partial charge in [0.2, 0.25) is 11.8 Å². The summed E-state index contributed by atoms with van der Waals surface area (Å²) in [7, 11) is 0. The number of halogens is 3. The van der Waals surface area contributed by atoms with Gasteiger partial charge >= 0.3 is 0 Å². The molecular weight excluding hydrogens is 327 g/mol. The molecule has 0 aliphatic rings. The van der Waals surface area contributed by atoms with Gasteiger partial charge in [-0.2, -0.15) is 0 Å². The van der Waals surface area contributed by atoms with Crippen molar-refractivity contribution in [1.29, 1.82) is 0 Å². The molecule has 0 bridgehead atoms. The fourth-order valence-electron chi connectivity index (χ4n) is 1.38. The molecule has 0 aliphatic carbocycles. The molecule has 1 rings (SSSR count).